The lowest BCUT2D eigenvalue weighted by Crippen LogP contribution is -2.40. The number of carbonyl (C=O) groups excluding carboxylic acids is 1. The minimum absolute atomic E-state index is 0.0247. The van der Waals surface area contributed by atoms with Gasteiger partial charge in [0.15, 0.2) is 5.65 Å². The minimum atomic E-state index is -0.732. The summed E-state index contributed by atoms with van der Waals surface area (Å²) >= 11 is 0. The van der Waals surface area contributed by atoms with Crippen LogP contribution in [0.5, 0.6) is 0 Å². The summed E-state index contributed by atoms with van der Waals surface area (Å²) in [5.74, 6) is -2.28. The number of nitrogen functional groups attached to an aromatic ring is 1. The molecule has 0 radical (unpaired) electrons. The normalized spacial score (nSPS) is 15.9. The standard InChI is InChI=1S/C25H23F3N6O2/c1-2-36-24(35)15-6-4-10-33(13-15)25-30-21(14-5-3-7-16(26)11-14)20-22(29)34(32-23(20)31-25)19-12-17(27)8-9-18(19)28/h3,5,7-9,11-12,15H,2,4,6,10,13,29H2,1H3. The van der Waals surface area contributed by atoms with Crippen LogP contribution in [0.2, 0.25) is 0 Å². The van der Waals surface area contributed by atoms with Crippen molar-refractivity contribution in [3.05, 3.63) is 59.9 Å². The van der Waals surface area contributed by atoms with Crippen LogP contribution >= 0.6 is 0 Å². The first-order valence-corrected chi connectivity index (χ1v) is 11.5. The van der Waals surface area contributed by atoms with Crippen LogP contribution in [-0.2, 0) is 9.53 Å². The molecule has 1 aliphatic heterocycles. The van der Waals surface area contributed by atoms with Crippen molar-refractivity contribution in [1.29, 1.82) is 0 Å². The molecule has 186 valence electrons. The van der Waals surface area contributed by atoms with Gasteiger partial charge in [0, 0.05) is 24.7 Å². The van der Waals surface area contributed by atoms with Gasteiger partial charge in [-0.2, -0.15) is 4.98 Å². The number of benzene rings is 2. The van der Waals surface area contributed by atoms with Gasteiger partial charge in [-0.3, -0.25) is 4.79 Å². The number of ether oxygens (including phenoxy) is 1. The van der Waals surface area contributed by atoms with Gasteiger partial charge in [-0.15, -0.1) is 5.10 Å². The number of carbonyl (C=O) groups is 1. The zero-order valence-corrected chi connectivity index (χ0v) is 19.4. The molecule has 2 aromatic carbocycles. The number of hydrogen-bond acceptors (Lipinski definition) is 7. The lowest BCUT2D eigenvalue weighted by Gasteiger charge is -2.31. The van der Waals surface area contributed by atoms with Crippen molar-refractivity contribution in [2.75, 3.05) is 30.3 Å². The van der Waals surface area contributed by atoms with Crippen molar-refractivity contribution in [2.24, 2.45) is 5.92 Å². The van der Waals surface area contributed by atoms with Crippen LogP contribution in [0.4, 0.5) is 24.9 Å². The highest BCUT2D eigenvalue weighted by Gasteiger charge is 2.30. The van der Waals surface area contributed by atoms with E-state index in [0.717, 1.165) is 22.9 Å². The van der Waals surface area contributed by atoms with Gasteiger partial charge in [-0.05, 0) is 44.0 Å². The molecule has 1 atom stereocenters. The zero-order valence-electron chi connectivity index (χ0n) is 19.4. The molecule has 11 heteroatoms. The molecule has 36 heavy (non-hydrogen) atoms. The summed E-state index contributed by atoms with van der Waals surface area (Å²) in [5, 5.41) is 4.62. The van der Waals surface area contributed by atoms with Crippen molar-refractivity contribution in [3.8, 4) is 16.9 Å². The fraction of sp³-hybridized carbons (Fsp3) is 0.280. The predicted octanol–water partition coefficient (Wildman–Crippen LogP) is 4.26. The van der Waals surface area contributed by atoms with Gasteiger partial charge in [0.2, 0.25) is 5.95 Å². The second-order valence-corrected chi connectivity index (χ2v) is 8.51. The first-order chi connectivity index (χ1) is 17.4. The molecule has 4 aromatic rings. The summed E-state index contributed by atoms with van der Waals surface area (Å²) in [7, 11) is 0. The smallest absolute Gasteiger partial charge is 0.310 e. The van der Waals surface area contributed by atoms with E-state index in [0.29, 0.717) is 31.5 Å². The molecule has 0 amide bonds. The molecule has 2 aromatic heterocycles. The van der Waals surface area contributed by atoms with E-state index in [4.69, 9.17) is 10.5 Å². The number of fused-ring (bicyclic) bond motifs is 1. The van der Waals surface area contributed by atoms with E-state index in [1.165, 1.54) is 18.2 Å². The highest BCUT2D eigenvalue weighted by molar-refractivity contribution is 5.99. The molecule has 5 rings (SSSR count). The first kappa shape index (κ1) is 23.6. The molecule has 1 fully saturated rings. The van der Waals surface area contributed by atoms with E-state index >= 15 is 0 Å². The predicted molar refractivity (Wildman–Crippen MR) is 128 cm³/mol. The summed E-state index contributed by atoms with van der Waals surface area (Å²) in [6, 6.07) is 8.72. The highest BCUT2D eigenvalue weighted by atomic mass is 19.1. The molecule has 1 aliphatic rings. The Morgan fingerprint density at radius 3 is 2.72 bits per heavy atom. The second-order valence-electron chi connectivity index (χ2n) is 8.51. The molecule has 2 N–H and O–H groups in total. The quantitative estimate of drug-likeness (QED) is 0.412. The number of halogens is 3. The number of piperidine rings is 1. The number of nitrogens with two attached hydrogens (primary N) is 1. The number of aromatic nitrogens is 4. The Morgan fingerprint density at radius 2 is 1.94 bits per heavy atom. The van der Waals surface area contributed by atoms with E-state index in [2.05, 4.69) is 15.1 Å². The van der Waals surface area contributed by atoms with Gasteiger partial charge in [0.05, 0.1) is 23.6 Å². The molecule has 0 saturated carbocycles. The third-order valence-corrected chi connectivity index (χ3v) is 6.12. The SMILES string of the molecule is CCOC(=O)C1CCCN(c2nc(-c3cccc(F)c3)c3c(N)n(-c4cc(F)ccc4F)nc3n2)C1. The van der Waals surface area contributed by atoms with Crippen molar-refractivity contribution < 1.29 is 22.7 Å². The van der Waals surface area contributed by atoms with E-state index < -0.39 is 17.5 Å². The highest BCUT2D eigenvalue weighted by Crippen LogP contribution is 2.35. The fourth-order valence-electron chi connectivity index (χ4n) is 4.43. The van der Waals surface area contributed by atoms with Crippen LogP contribution < -0.4 is 10.6 Å². The molecule has 0 bridgehead atoms. The molecular formula is C25H23F3N6O2. The van der Waals surface area contributed by atoms with Gasteiger partial charge < -0.3 is 15.4 Å². The molecule has 3 heterocycles. The Morgan fingerprint density at radius 1 is 1.14 bits per heavy atom. The van der Waals surface area contributed by atoms with Gasteiger partial charge >= 0.3 is 5.97 Å². The fourth-order valence-corrected chi connectivity index (χ4v) is 4.43. The number of esters is 1. The molecule has 8 nitrogen and oxygen atoms in total. The molecule has 0 aliphatic carbocycles. The summed E-state index contributed by atoms with van der Waals surface area (Å²) in [6.45, 7) is 2.96. The van der Waals surface area contributed by atoms with Crippen molar-refractivity contribution in [2.45, 2.75) is 19.8 Å². The topological polar surface area (TPSA) is 99.2 Å². The maximum absolute atomic E-state index is 14.6. The maximum Gasteiger partial charge on any atom is 0.310 e. The molecule has 1 unspecified atom stereocenters. The minimum Gasteiger partial charge on any atom is -0.466 e. The lowest BCUT2D eigenvalue weighted by atomic mass is 9.98. The monoisotopic (exact) mass is 496 g/mol. The Bertz CT molecular complexity index is 1460. The molecular weight excluding hydrogens is 473 g/mol. The maximum atomic E-state index is 14.6. The van der Waals surface area contributed by atoms with Crippen molar-refractivity contribution in [1.82, 2.24) is 19.7 Å². The van der Waals surface area contributed by atoms with Crippen LogP contribution in [0.25, 0.3) is 28.0 Å². The summed E-state index contributed by atoms with van der Waals surface area (Å²) < 4.78 is 48.9. The van der Waals surface area contributed by atoms with Gasteiger partial charge in [0.25, 0.3) is 0 Å². The van der Waals surface area contributed by atoms with E-state index in [9.17, 15) is 18.0 Å². The van der Waals surface area contributed by atoms with Crippen LogP contribution in [0.15, 0.2) is 42.5 Å². The zero-order chi connectivity index (χ0) is 25.4. The number of nitrogens with zero attached hydrogens (tertiary/aromatic N) is 5. The Hall–Kier alpha value is -4.15. The van der Waals surface area contributed by atoms with Crippen molar-refractivity contribution in [3.63, 3.8) is 0 Å². The largest absolute Gasteiger partial charge is 0.466 e. The second kappa shape index (κ2) is 9.48. The van der Waals surface area contributed by atoms with Crippen LogP contribution in [0, 0.1) is 23.4 Å². The average molecular weight is 496 g/mol. The summed E-state index contributed by atoms with van der Waals surface area (Å²) in [5.41, 5.74) is 6.98. The van der Waals surface area contributed by atoms with Gasteiger partial charge in [-0.1, -0.05) is 12.1 Å². The lowest BCUT2D eigenvalue weighted by molar-refractivity contribution is -0.148. The average Bonchev–Trinajstić information content (AvgIpc) is 3.21. The third-order valence-electron chi connectivity index (χ3n) is 6.12. The van der Waals surface area contributed by atoms with Crippen LogP contribution in [0.1, 0.15) is 19.8 Å². The first-order valence-electron chi connectivity index (χ1n) is 11.5. The van der Waals surface area contributed by atoms with E-state index in [-0.39, 0.29) is 52.7 Å². The third kappa shape index (κ3) is 4.32. The molecule has 1 saturated heterocycles. The van der Waals surface area contributed by atoms with Gasteiger partial charge in [0.1, 0.15) is 29.0 Å². The summed E-state index contributed by atoms with van der Waals surface area (Å²) in [6.07, 6.45) is 1.39. The van der Waals surface area contributed by atoms with Crippen molar-refractivity contribution >= 4 is 28.8 Å². The van der Waals surface area contributed by atoms with Gasteiger partial charge in [-0.25, -0.2) is 22.8 Å². The summed E-state index contributed by atoms with van der Waals surface area (Å²) in [4.78, 5) is 23.4. The number of hydrogen-bond donors (Lipinski definition) is 1. The Kier molecular flexibility index (Phi) is 6.21. The molecule has 0 spiro atoms. The number of anilines is 2. The van der Waals surface area contributed by atoms with E-state index in [1.54, 1.807) is 13.0 Å². The van der Waals surface area contributed by atoms with Crippen LogP contribution in [0.3, 0.4) is 0 Å². The Labute approximate surface area is 204 Å². The number of rotatable bonds is 5. The Balaban J connectivity index is 1.67. The van der Waals surface area contributed by atoms with E-state index in [1.807, 2.05) is 4.90 Å². The van der Waals surface area contributed by atoms with Crippen LogP contribution in [-0.4, -0.2) is 45.4 Å².